The Morgan fingerprint density at radius 1 is 1.36 bits per heavy atom. The zero-order valence-electron chi connectivity index (χ0n) is 7.25. The van der Waals surface area contributed by atoms with Crippen LogP contribution in [-0.2, 0) is 0 Å². The Hall–Kier alpha value is 0.310. The normalized spacial score (nSPS) is 39.0. The number of hydrogen-bond donors (Lipinski definition) is 0. The SMILES string of the molecule is CC1CC1CN1CCSCC1. The summed E-state index contributed by atoms with van der Waals surface area (Å²) in [6.07, 6.45) is 1.49. The topological polar surface area (TPSA) is 3.24 Å². The van der Waals surface area contributed by atoms with E-state index in [-0.39, 0.29) is 0 Å². The molecule has 0 bridgehead atoms. The van der Waals surface area contributed by atoms with E-state index in [2.05, 4.69) is 23.6 Å². The Kier molecular flexibility index (Phi) is 2.42. The maximum atomic E-state index is 2.64. The second-order valence-corrected chi connectivity index (χ2v) is 5.11. The van der Waals surface area contributed by atoms with Gasteiger partial charge in [0.25, 0.3) is 0 Å². The number of rotatable bonds is 2. The van der Waals surface area contributed by atoms with Crippen LogP contribution in [0.5, 0.6) is 0 Å². The van der Waals surface area contributed by atoms with Gasteiger partial charge in [-0.2, -0.15) is 11.8 Å². The van der Waals surface area contributed by atoms with Crippen LogP contribution >= 0.6 is 11.8 Å². The molecule has 0 amide bonds. The fraction of sp³-hybridized carbons (Fsp3) is 1.00. The van der Waals surface area contributed by atoms with Crippen LogP contribution in [-0.4, -0.2) is 36.0 Å². The van der Waals surface area contributed by atoms with Crippen LogP contribution in [0.15, 0.2) is 0 Å². The first-order valence-corrected chi connectivity index (χ1v) is 5.82. The lowest BCUT2D eigenvalue weighted by molar-refractivity contribution is 0.285. The van der Waals surface area contributed by atoms with E-state index in [0.29, 0.717) is 0 Å². The average Bonchev–Trinajstić information content (AvgIpc) is 2.69. The molecule has 0 radical (unpaired) electrons. The molecule has 1 aliphatic carbocycles. The summed E-state index contributed by atoms with van der Waals surface area (Å²) < 4.78 is 0. The molecule has 0 N–H and O–H groups in total. The van der Waals surface area contributed by atoms with Crippen LogP contribution in [0.25, 0.3) is 0 Å². The predicted octanol–water partition coefficient (Wildman–Crippen LogP) is 1.69. The maximum Gasteiger partial charge on any atom is 0.00728 e. The van der Waals surface area contributed by atoms with Gasteiger partial charge in [-0.1, -0.05) is 6.92 Å². The van der Waals surface area contributed by atoms with Crippen molar-refractivity contribution < 1.29 is 0 Å². The van der Waals surface area contributed by atoms with Gasteiger partial charge in [0.1, 0.15) is 0 Å². The van der Waals surface area contributed by atoms with E-state index in [9.17, 15) is 0 Å². The summed E-state index contributed by atoms with van der Waals surface area (Å²) in [5.41, 5.74) is 0. The van der Waals surface area contributed by atoms with Crippen molar-refractivity contribution in [1.82, 2.24) is 4.90 Å². The van der Waals surface area contributed by atoms with Crippen molar-refractivity contribution in [3.05, 3.63) is 0 Å². The molecule has 2 atom stereocenters. The van der Waals surface area contributed by atoms with Crippen molar-refractivity contribution in [3.63, 3.8) is 0 Å². The van der Waals surface area contributed by atoms with E-state index in [1.54, 1.807) is 0 Å². The number of thioether (sulfide) groups is 1. The third kappa shape index (κ3) is 2.12. The molecule has 1 heterocycles. The van der Waals surface area contributed by atoms with Crippen molar-refractivity contribution in [2.24, 2.45) is 11.8 Å². The van der Waals surface area contributed by atoms with Gasteiger partial charge in [0.05, 0.1) is 0 Å². The smallest absolute Gasteiger partial charge is 0.00728 e. The van der Waals surface area contributed by atoms with Gasteiger partial charge < -0.3 is 4.90 Å². The van der Waals surface area contributed by atoms with Gasteiger partial charge in [-0.25, -0.2) is 0 Å². The van der Waals surface area contributed by atoms with Crippen molar-refractivity contribution in [2.75, 3.05) is 31.1 Å². The second-order valence-electron chi connectivity index (χ2n) is 3.89. The molecule has 2 rings (SSSR count). The molecular weight excluding hydrogens is 154 g/mol. The van der Waals surface area contributed by atoms with Gasteiger partial charge in [-0.3, -0.25) is 0 Å². The minimum Gasteiger partial charge on any atom is -0.301 e. The van der Waals surface area contributed by atoms with Crippen molar-refractivity contribution >= 4 is 11.8 Å². The highest BCUT2D eigenvalue weighted by atomic mass is 32.2. The Bertz CT molecular complexity index is 132. The van der Waals surface area contributed by atoms with Crippen molar-refractivity contribution in [2.45, 2.75) is 13.3 Å². The summed E-state index contributed by atoms with van der Waals surface area (Å²) in [5.74, 6) is 4.81. The van der Waals surface area contributed by atoms with E-state index in [1.165, 1.54) is 37.6 Å². The lowest BCUT2D eigenvalue weighted by Crippen LogP contribution is -2.34. The Balaban J connectivity index is 1.68. The largest absolute Gasteiger partial charge is 0.301 e. The van der Waals surface area contributed by atoms with E-state index < -0.39 is 0 Å². The van der Waals surface area contributed by atoms with Gasteiger partial charge >= 0.3 is 0 Å². The molecule has 0 aromatic rings. The van der Waals surface area contributed by atoms with Crippen LogP contribution in [0, 0.1) is 11.8 Å². The lowest BCUT2D eigenvalue weighted by atomic mass is 10.3. The Morgan fingerprint density at radius 3 is 2.55 bits per heavy atom. The molecule has 0 aromatic carbocycles. The summed E-state index contributed by atoms with van der Waals surface area (Å²) in [4.78, 5) is 2.64. The van der Waals surface area contributed by atoms with E-state index in [1.807, 2.05) is 0 Å². The van der Waals surface area contributed by atoms with Crippen LogP contribution in [0.3, 0.4) is 0 Å². The van der Waals surface area contributed by atoms with Gasteiger partial charge in [-0.15, -0.1) is 0 Å². The minimum atomic E-state index is 1.03. The average molecular weight is 171 g/mol. The zero-order chi connectivity index (χ0) is 7.68. The Morgan fingerprint density at radius 2 is 2.00 bits per heavy atom. The maximum absolute atomic E-state index is 2.64. The van der Waals surface area contributed by atoms with E-state index >= 15 is 0 Å². The third-order valence-electron chi connectivity index (χ3n) is 2.87. The number of nitrogens with zero attached hydrogens (tertiary/aromatic N) is 1. The molecule has 64 valence electrons. The van der Waals surface area contributed by atoms with Gasteiger partial charge in [0.15, 0.2) is 0 Å². The first-order valence-electron chi connectivity index (χ1n) is 4.66. The molecule has 1 nitrogen and oxygen atoms in total. The second kappa shape index (κ2) is 3.36. The third-order valence-corrected chi connectivity index (χ3v) is 3.82. The summed E-state index contributed by atoms with van der Waals surface area (Å²) in [5, 5.41) is 0. The van der Waals surface area contributed by atoms with Crippen LogP contribution in [0.2, 0.25) is 0 Å². The molecule has 2 fully saturated rings. The lowest BCUT2D eigenvalue weighted by Gasteiger charge is -2.25. The van der Waals surface area contributed by atoms with Crippen LogP contribution in [0.1, 0.15) is 13.3 Å². The molecule has 2 unspecified atom stereocenters. The molecule has 2 aliphatic rings. The first-order chi connectivity index (χ1) is 5.36. The zero-order valence-corrected chi connectivity index (χ0v) is 8.07. The summed E-state index contributed by atoms with van der Waals surface area (Å²) in [6, 6.07) is 0. The molecular formula is C9H17NS. The van der Waals surface area contributed by atoms with E-state index in [0.717, 1.165) is 11.8 Å². The fourth-order valence-corrected chi connectivity index (χ4v) is 2.75. The van der Waals surface area contributed by atoms with Crippen LogP contribution < -0.4 is 0 Å². The quantitative estimate of drug-likeness (QED) is 0.622. The first kappa shape index (κ1) is 7.93. The molecule has 11 heavy (non-hydrogen) atoms. The molecule has 1 saturated carbocycles. The van der Waals surface area contributed by atoms with Crippen LogP contribution in [0.4, 0.5) is 0 Å². The monoisotopic (exact) mass is 171 g/mol. The fourth-order valence-electron chi connectivity index (χ4n) is 1.77. The van der Waals surface area contributed by atoms with Gasteiger partial charge in [0, 0.05) is 31.1 Å². The standard InChI is InChI=1S/C9H17NS/c1-8-6-9(8)7-10-2-4-11-5-3-10/h8-9H,2-7H2,1H3. The molecule has 0 spiro atoms. The molecule has 2 heteroatoms. The summed E-state index contributed by atoms with van der Waals surface area (Å²) in [7, 11) is 0. The van der Waals surface area contributed by atoms with E-state index in [4.69, 9.17) is 0 Å². The Labute approximate surface area is 73.5 Å². The summed E-state index contributed by atoms with van der Waals surface area (Å²) >= 11 is 2.11. The number of hydrogen-bond acceptors (Lipinski definition) is 2. The van der Waals surface area contributed by atoms with Gasteiger partial charge in [-0.05, 0) is 18.3 Å². The predicted molar refractivity (Wildman–Crippen MR) is 51.0 cm³/mol. The molecule has 1 aliphatic heterocycles. The van der Waals surface area contributed by atoms with Gasteiger partial charge in [0.2, 0.25) is 0 Å². The highest BCUT2D eigenvalue weighted by Crippen LogP contribution is 2.38. The van der Waals surface area contributed by atoms with Crippen molar-refractivity contribution in [1.29, 1.82) is 0 Å². The molecule has 1 saturated heterocycles. The summed E-state index contributed by atoms with van der Waals surface area (Å²) in [6.45, 7) is 6.45. The minimum absolute atomic E-state index is 1.03. The highest BCUT2D eigenvalue weighted by molar-refractivity contribution is 7.99. The van der Waals surface area contributed by atoms with Crippen molar-refractivity contribution in [3.8, 4) is 0 Å². The molecule has 0 aromatic heterocycles. The highest BCUT2D eigenvalue weighted by Gasteiger charge is 2.33.